The van der Waals surface area contributed by atoms with Gasteiger partial charge in [0.05, 0.1) is 0 Å². The maximum absolute atomic E-state index is 10.7. The fourth-order valence-corrected chi connectivity index (χ4v) is 1.38. The molecule has 0 aliphatic rings. The molecule has 0 N–H and O–H groups in total. The Balaban J connectivity index is 3.28. The molecule has 0 bridgehead atoms. The van der Waals surface area contributed by atoms with Gasteiger partial charge in [-0.15, -0.1) is 0 Å². The maximum Gasteiger partial charge on any atom is 0.305 e. The van der Waals surface area contributed by atoms with Crippen molar-refractivity contribution >= 4 is 17.7 Å². The third-order valence-corrected chi connectivity index (χ3v) is 2.41. The van der Waals surface area contributed by atoms with E-state index < -0.39 is 0 Å². The third kappa shape index (κ3) is 7.92. The molecular formula is C9H18O2S. The average molecular weight is 190 g/mol. The Morgan fingerprint density at radius 3 is 2.42 bits per heavy atom. The number of hydrogen-bond donors (Lipinski definition) is 0. The van der Waals surface area contributed by atoms with E-state index in [-0.39, 0.29) is 10.7 Å². The van der Waals surface area contributed by atoms with Crippen LogP contribution >= 0.6 is 11.8 Å². The van der Waals surface area contributed by atoms with Gasteiger partial charge >= 0.3 is 5.97 Å². The van der Waals surface area contributed by atoms with Crippen molar-refractivity contribution in [3.05, 3.63) is 0 Å². The van der Waals surface area contributed by atoms with E-state index in [9.17, 15) is 4.79 Å². The standard InChI is InChI=1S/C9H18O2S/c1-5-8(10)11-6-7-12-9(2,3)4/h5-7H2,1-4H3. The summed E-state index contributed by atoms with van der Waals surface area (Å²) in [4.78, 5) is 10.7. The van der Waals surface area contributed by atoms with E-state index in [1.165, 1.54) is 0 Å². The molecule has 12 heavy (non-hydrogen) atoms. The molecule has 0 spiro atoms. The smallest absolute Gasteiger partial charge is 0.305 e. The normalized spacial score (nSPS) is 11.3. The molecule has 0 unspecified atom stereocenters. The zero-order chi connectivity index (χ0) is 9.61. The molecule has 0 saturated heterocycles. The molecule has 0 fully saturated rings. The van der Waals surface area contributed by atoms with Crippen LogP contribution in [0, 0.1) is 0 Å². The largest absolute Gasteiger partial charge is 0.465 e. The molecule has 0 amide bonds. The Morgan fingerprint density at radius 2 is 2.00 bits per heavy atom. The lowest BCUT2D eigenvalue weighted by molar-refractivity contribution is -0.142. The summed E-state index contributed by atoms with van der Waals surface area (Å²) in [6, 6.07) is 0. The molecule has 2 nitrogen and oxygen atoms in total. The SMILES string of the molecule is CCC(=O)OCCSC(C)(C)C. The van der Waals surface area contributed by atoms with Crippen LogP contribution in [0.5, 0.6) is 0 Å². The summed E-state index contributed by atoms with van der Waals surface area (Å²) in [6.07, 6.45) is 0.472. The predicted octanol–water partition coefficient (Wildman–Crippen LogP) is 2.47. The van der Waals surface area contributed by atoms with Crippen LogP contribution in [0.1, 0.15) is 34.1 Å². The lowest BCUT2D eigenvalue weighted by atomic mass is 10.3. The van der Waals surface area contributed by atoms with E-state index in [1.807, 2.05) is 11.8 Å². The van der Waals surface area contributed by atoms with Gasteiger partial charge in [-0.05, 0) is 0 Å². The quantitative estimate of drug-likeness (QED) is 0.503. The Morgan fingerprint density at radius 1 is 1.42 bits per heavy atom. The highest BCUT2D eigenvalue weighted by atomic mass is 32.2. The zero-order valence-corrected chi connectivity index (χ0v) is 9.16. The van der Waals surface area contributed by atoms with Crippen molar-refractivity contribution in [3.8, 4) is 0 Å². The highest BCUT2D eigenvalue weighted by molar-refractivity contribution is 8.00. The molecule has 0 heterocycles. The zero-order valence-electron chi connectivity index (χ0n) is 8.35. The Bertz CT molecular complexity index is 138. The fourth-order valence-electron chi connectivity index (χ4n) is 0.605. The van der Waals surface area contributed by atoms with E-state index in [2.05, 4.69) is 20.8 Å². The van der Waals surface area contributed by atoms with E-state index >= 15 is 0 Å². The summed E-state index contributed by atoms with van der Waals surface area (Å²) in [7, 11) is 0. The molecule has 72 valence electrons. The molecule has 0 aromatic carbocycles. The highest BCUT2D eigenvalue weighted by Crippen LogP contribution is 2.22. The first-order valence-corrected chi connectivity index (χ1v) is 5.24. The van der Waals surface area contributed by atoms with Crippen molar-refractivity contribution in [2.75, 3.05) is 12.4 Å². The van der Waals surface area contributed by atoms with Crippen molar-refractivity contribution in [1.29, 1.82) is 0 Å². The van der Waals surface area contributed by atoms with Gasteiger partial charge < -0.3 is 4.74 Å². The van der Waals surface area contributed by atoms with Crippen LogP contribution in [-0.2, 0) is 9.53 Å². The van der Waals surface area contributed by atoms with E-state index in [0.29, 0.717) is 13.0 Å². The second kappa shape index (κ2) is 5.46. The van der Waals surface area contributed by atoms with Crippen molar-refractivity contribution in [1.82, 2.24) is 0 Å². The number of hydrogen-bond acceptors (Lipinski definition) is 3. The fraction of sp³-hybridized carbons (Fsp3) is 0.889. The lowest BCUT2D eigenvalue weighted by Crippen LogP contribution is -2.12. The van der Waals surface area contributed by atoms with Gasteiger partial charge in [0, 0.05) is 16.9 Å². The Labute approximate surface area is 79.1 Å². The summed E-state index contributed by atoms with van der Waals surface area (Å²) in [5.74, 6) is 0.777. The van der Waals surface area contributed by atoms with Crippen molar-refractivity contribution in [3.63, 3.8) is 0 Å². The van der Waals surface area contributed by atoms with Crippen LogP contribution in [0.4, 0.5) is 0 Å². The van der Waals surface area contributed by atoms with Crippen molar-refractivity contribution < 1.29 is 9.53 Å². The molecule has 3 heteroatoms. The summed E-state index contributed by atoms with van der Waals surface area (Å²) in [5.41, 5.74) is 0. The molecule has 0 aromatic heterocycles. The van der Waals surface area contributed by atoms with E-state index in [4.69, 9.17) is 4.74 Å². The molecule has 0 rings (SSSR count). The van der Waals surface area contributed by atoms with Gasteiger partial charge in [-0.3, -0.25) is 4.79 Å². The average Bonchev–Trinajstić information content (AvgIpc) is 1.96. The molecular weight excluding hydrogens is 172 g/mol. The number of rotatable bonds is 4. The van der Waals surface area contributed by atoms with Crippen molar-refractivity contribution in [2.45, 2.75) is 38.9 Å². The minimum absolute atomic E-state index is 0.107. The predicted molar refractivity (Wildman–Crippen MR) is 53.5 cm³/mol. The minimum atomic E-state index is -0.107. The van der Waals surface area contributed by atoms with Gasteiger partial charge in [0.2, 0.25) is 0 Å². The third-order valence-electron chi connectivity index (χ3n) is 1.17. The van der Waals surface area contributed by atoms with E-state index in [1.54, 1.807) is 6.92 Å². The number of carbonyl (C=O) groups is 1. The monoisotopic (exact) mass is 190 g/mol. The molecule has 0 saturated carbocycles. The first kappa shape index (κ1) is 11.8. The van der Waals surface area contributed by atoms with Gasteiger partial charge in [-0.25, -0.2) is 0 Å². The second-order valence-corrected chi connectivity index (χ2v) is 5.46. The number of carbonyl (C=O) groups excluding carboxylic acids is 1. The molecule has 0 aromatic rings. The lowest BCUT2D eigenvalue weighted by Gasteiger charge is -2.16. The second-order valence-electron chi connectivity index (χ2n) is 3.53. The van der Waals surface area contributed by atoms with Crippen LogP contribution in [0.25, 0.3) is 0 Å². The topological polar surface area (TPSA) is 26.3 Å². The first-order chi connectivity index (χ1) is 5.45. The van der Waals surface area contributed by atoms with Crippen LogP contribution in [0.3, 0.4) is 0 Å². The van der Waals surface area contributed by atoms with Gasteiger partial charge in [-0.2, -0.15) is 11.8 Å². The Hall–Kier alpha value is -0.180. The molecule has 0 atom stereocenters. The van der Waals surface area contributed by atoms with Crippen LogP contribution in [0.15, 0.2) is 0 Å². The minimum Gasteiger partial charge on any atom is -0.465 e. The first-order valence-electron chi connectivity index (χ1n) is 4.25. The van der Waals surface area contributed by atoms with Crippen LogP contribution in [0.2, 0.25) is 0 Å². The number of esters is 1. The highest BCUT2D eigenvalue weighted by Gasteiger charge is 2.09. The summed E-state index contributed by atoms with van der Waals surface area (Å²) < 4.78 is 5.19. The number of thioether (sulfide) groups is 1. The summed E-state index contributed by atoms with van der Waals surface area (Å²) >= 11 is 1.81. The summed E-state index contributed by atoms with van der Waals surface area (Å²) in [6.45, 7) is 8.80. The van der Waals surface area contributed by atoms with Gasteiger partial charge in [0.15, 0.2) is 0 Å². The Kier molecular flexibility index (Phi) is 5.38. The molecule has 0 radical (unpaired) electrons. The summed E-state index contributed by atoms with van der Waals surface area (Å²) in [5, 5.41) is 0. The molecule has 0 aliphatic heterocycles. The van der Waals surface area contributed by atoms with Gasteiger partial charge in [-0.1, -0.05) is 27.7 Å². The maximum atomic E-state index is 10.7. The van der Waals surface area contributed by atoms with Gasteiger partial charge in [0.1, 0.15) is 6.61 Å². The number of ether oxygens (including phenoxy) is 1. The van der Waals surface area contributed by atoms with Crippen molar-refractivity contribution in [2.24, 2.45) is 0 Å². The van der Waals surface area contributed by atoms with Crippen LogP contribution in [-0.4, -0.2) is 23.1 Å². The molecule has 0 aliphatic carbocycles. The van der Waals surface area contributed by atoms with Gasteiger partial charge in [0.25, 0.3) is 0 Å². The van der Waals surface area contributed by atoms with Crippen LogP contribution < -0.4 is 0 Å². The van der Waals surface area contributed by atoms with E-state index in [0.717, 1.165) is 5.75 Å².